The molecule has 4 aromatic rings. The number of aromatic amines is 1. The van der Waals surface area contributed by atoms with Crippen LogP contribution in [0.15, 0.2) is 54.9 Å². The van der Waals surface area contributed by atoms with E-state index in [0.29, 0.717) is 28.7 Å². The minimum atomic E-state index is -0.246. The summed E-state index contributed by atoms with van der Waals surface area (Å²) in [6.45, 7) is 2.71. The van der Waals surface area contributed by atoms with Gasteiger partial charge in [0.15, 0.2) is 11.5 Å². The molecule has 2 aromatic heterocycles. The molecular weight excluding hydrogens is 416 g/mol. The highest BCUT2D eigenvalue weighted by atomic mass is 35.5. The van der Waals surface area contributed by atoms with E-state index in [4.69, 9.17) is 11.6 Å². The molecule has 1 amide bonds. The summed E-state index contributed by atoms with van der Waals surface area (Å²) in [4.78, 5) is 19.5. The number of nitrogens with zero attached hydrogens (tertiary/aromatic N) is 3. The highest BCUT2D eigenvalue weighted by Crippen LogP contribution is 2.30. The predicted molar refractivity (Wildman–Crippen MR) is 122 cm³/mol. The zero-order valence-corrected chi connectivity index (χ0v) is 17.4. The van der Waals surface area contributed by atoms with Crippen LogP contribution in [0.25, 0.3) is 11.0 Å². The molecule has 2 heterocycles. The lowest BCUT2D eigenvalue weighted by atomic mass is 10.1. The van der Waals surface area contributed by atoms with Crippen molar-refractivity contribution < 1.29 is 4.79 Å². The highest BCUT2D eigenvalue weighted by molar-refractivity contribution is 6.30. The molecule has 0 fully saturated rings. The number of rotatable bonds is 9. The number of halogens is 1. The second-order valence-electron chi connectivity index (χ2n) is 6.68. The van der Waals surface area contributed by atoms with Crippen LogP contribution < -0.4 is 21.3 Å². The number of amides is 1. The van der Waals surface area contributed by atoms with Gasteiger partial charge in [0.05, 0.1) is 0 Å². The Morgan fingerprint density at radius 2 is 1.87 bits per heavy atom. The minimum Gasteiger partial charge on any atom is -0.339 e. The summed E-state index contributed by atoms with van der Waals surface area (Å²) in [5.41, 5.74) is 3.18. The first-order valence-electron chi connectivity index (χ1n) is 9.69. The topological polar surface area (TPSA) is 120 Å². The molecule has 1 unspecified atom stereocenters. The van der Waals surface area contributed by atoms with Gasteiger partial charge in [-0.05, 0) is 42.4 Å². The summed E-state index contributed by atoms with van der Waals surface area (Å²) in [5.74, 6) is 1.18. The molecule has 0 saturated carbocycles. The van der Waals surface area contributed by atoms with Gasteiger partial charge < -0.3 is 16.0 Å². The van der Waals surface area contributed by atoms with Crippen LogP contribution in [0, 0.1) is 0 Å². The zero-order valence-electron chi connectivity index (χ0n) is 16.7. The quantitative estimate of drug-likeness (QED) is 0.200. The molecule has 5 N–H and O–H groups in total. The van der Waals surface area contributed by atoms with Crippen LogP contribution in [0.1, 0.15) is 18.7 Å². The van der Waals surface area contributed by atoms with E-state index in [-0.39, 0.29) is 6.17 Å². The Hall–Kier alpha value is -3.69. The zero-order chi connectivity index (χ0) is 21.6. The molecule has 0 saturated heterocycles. The predicted octanol–water partition coefficient (Wildman–Crippen LogP) is 3.85. The Kier molecular flexibility index (Phi) is 6.25. The van der Waals surface area contributed by atoms with Crippen molar-refractivity contribution in [1.29, 1.82) is 0 Å². The van der Waals surface area contributed by atoms with Gasteiger partial charge in [-0.3, -0.25) is 15.2 Å². The van der Waals surface area contributed by atoms with Crippen LogP contribution in [0.5, 0.6) is 0 Å². The molecule has 0 aliphatic carbocycles. The van der Waals surface area contributed by atoms with Gasteiger partial charge in [-0.2, -0.15) is 5.10 Å². The first-order chi connectivity index (χ1) is 15.2. The normalized spacial score (nSPS) is 11.8. The van der Waals surface area contributed by atoms with E-state index >= 15 is 0 Å². The Morgan fingerprint density at radius 1 is 1.06 bits per heavy atom. The molecule has 158 valence electrons. The van der Waals surface area contributed by atoms with Crippen molar-refractivity contribution in [3.63, 3.8) is 0 Å². The van der Waals surface area contributed by atoms with Crippen LogP contribution in [-0.2, 0) is 4.79 Å². The lowest BCUT2D eigenvalue weighted by molar-refractivity contribution is -0.110. The molecule has 4 rings (SSSR count). The van der Waals surface area contributed by atoms with E-state index in [9.17, 15) is 4.79 Å². The van der Waals surface area contributed by atoms with Crippen molar-refractivity contribution in [2.24, 2.45) is 0 Å². The number of benzene rings is 2. The largest absolute Gasteiger partial charge is 0.339 e. The van der Waals surface area contributed by atoms with Crippen molar-refractivity contribution in [2.45, 2.75) is 13.1 Å². The fourth-order valence-electron chi connectivity index (χ4n) is 3.19. The molecule has 0 radical (unpaired) electrons. The Morgan fingerprint density at radius 3 is 2.61 bits per heavy atom. The molecule has 0 aliphatic heterocycles. The Bertz CT molecular complexity index is 1180. The lowest BCUT2D eigenvalue weighted by Gasteiger charge is -2.17. The molecule has 0 spiro atoms. The fraction of sp³-hybridized carbons (Fsp3) is 0.143. The van der Waals surface area contributed by atoms with E-state index in [1.54, 1.807) is 0 Å². The molecule has 1 atom stereocenters. The maximum absolute atomic E-state index is 10.8. The monoisotopic (exact) mass is 436 g/mol. The van der Waals surface area contributed by atoms with E-state index in [1.165, 1.54) is 6.33 Å². The van der Waals surface area contributed by atoms with Crippen molar-refractivity contribution >= 4 is 52.1 Å². The Balaban J connectivity index is 1.59. The average molecular weight is 437 g/mol. The number of carbonyl (C=O) groups excluding carboxylic acids is 1. The number of hydrogen-bond acceptors (Lipinski definition) is 7. The second-order valence-corrected chi connectivity index (χ2v) is 7.11. The minimum absolute atomic E-state index is 0.246. The maximum Gasteiger partial charge on any atom is 0.208 e. The average Bonchev–Trinajstić information content (AvgIpc) is 3.18. The number of fused-ring (bicyclic) bond motifs is 1. The number of hydrogen-bond donors (Lipinski definition) is 5. The van der Waals surface area contributed by atoms with E-state index in [0.717, 1.165) is 28.9 Å². The summed E-state index contributed by atoms with van der Waals surface area (Å²) in [5, 5.41) is 21.2. The SMILES string of the molecule is CCNC(NC=O)c1ccc(Nc2n[nH]c3ncnc(Nc4cccc(Cl)c4)c23)cc1. The smallest absolute Gasteiger partial charge is 0.208 e. The highest BCUT2D eigenvalue weighted by Gasteiger charge is 2.14. The number of nitrogens with one attached hydrogen (secondary N) is 5. The molecule has 0 aliphatic rings. The Labute approximate surface area is 183 Å². The van der Waals surface area contributed by atoms with Crippen molar-refractivity contribution in [2.75, 3.05) is 17.2 Å². The van der Waals surface area contributed by atoms with Gasteiger partial charge in [0, 0.05) is 16.4 Å². The molecule has 0 bridgehead atoms. The van der Waals surface area contributed by atoms with Crippen LogP contribution in [0.3, 0.4) is 0 Å². The number of carbonyl (C=O) groups is 1. The summed E-state index contributed by atoms with van der Waals surface area (Å²) in [6, 6.07) is 15.1. The molecule has 9 nitrogen and oxygen atoms in total. The van der Waals surface area contributed by atoms with Gasteiger partial charge in [-0.1, -0.05) is 36.7 Å². The first kappa shape index (κ1) is 20.6. The van der Waals surface area contributed by atoms with Gasteiger partial charge in [0.1, 0.15) is 23.7 Å². The molecule has 31 heavy (non-hydrogen) atoms. The van der Waals surface area contributed by atoms with Crippen LogP contribution in [-0.4, -0.2) is 33.1 Å². The van der Waals surface area contributed by atoms with Crippen molar-refractivity contribution in [3.05, 3.63) is 65.4 Å². The van der Waals surface area contributed by atoms with Gasteiger partial charge in [-0.25, -0.2) is 9.97 Å². The second kappa shape index (κ2) is 9.41. The fourth-order valence-corrected chi connectivity index (χ4v) is 3.38. The lowest BCUT2D eigenvalue weighted by Crippen LogP contribution is -2.33. The first-order valence-corrected chi connectivity index (χ1v) is 10.1. The van der Waals surface area contributed by atoms with Crippen LogP contribution >= 0.6 is 11.6 Å². The molecular formula is C21H21ClN8O. The van der Waals surface area contributed by atoms with E-state index < -0.39 is 0 Å². The van der Waals surface area contributed by atoms with Crippen LogP contribution in [0.4, 0.5) is 23.0 Å². The van der Waals surface area contributed by atoms with Gasteiger partial charge in [0.25, 0.3) is 0 Å². The summed E-state index contributed by atoms with van der Waals surface area (Å²) >= 11 is 6.09. The standard InChI is InChI=1S/C21H21ClN8O/c1-2-23-18(26-12-31)13-6-8-15(9-7-13)27-21-17-19(24-11-25-20(17)29-30-21)28-16-5-3-4-14(22)10-16/h3-12,18,23H,2H2,1H3,(H,26,31)(H3,24,25,27,28,29,30). The third-order valence-corrected chi connectivity index (χ3v) is 4.83. The summed E-state index contributed by atoms with van der Waals surface area (Å²) < 4.78 is 0. The van der Waals surface area contributed by atoms with Crippen molar-refractivity contribution in [3.8, 4) is 0 Å². The van der Waals surface area contributed by atoms with Crippen LogP contribution in [0.2, 0.25) is 5.02 Å². The van der Waals surface area contributed by atoms with Gasteiger partial charge >= 0.3 is 0 Å². The summed E-state index contributed by atoms with van der Waals surface area (Å²) in [7, 11) is 0. The van der Waals surface area contributed by atoms with E-state index in [1.807, 2.05) is 55.5 Å². The summed E-state index contributed by atoms with van der Waals surface area (Å²) in [6.07, 6.45) is 1.90. The van der Waals surface area contributed by atoms with Gasteiger partial charge in [-0.15, -0.1) is 0 Å². The third-order valence-electron chi connectivity index (χ3n) is 4.59. The molecule has 2 aromatic carbocycles. The third kappa shape index (κ3) is 4.73. The van der Waals surface area contributed by atoms with E-state index in [2.05, 4.69) is 41.4 Å². The number of H-pyrrole nitrogens is 1. The molecule has 10 heteroatoms. The number of aromatic nitrogens is 4. The number of anilines is 4. The maximum atomic E-state index is 10.8. The van der Waals surface area contributed by atoms with Gasteiger partial charge in [0.2, 0.25) is 6.41 Å². The van der Waals surface area contributed by atoms with Crippen molar-refractivity contribution in [1.82, 2.24) is 30.8 Å².